The third-order valence-corrected chi connectivity index (χ3v) is 6.24. The van der Waals surface area contributed by atoms with Gasteiger partial charge in [0, 0.05) is 43.6 Å². The first kappa shape index (κ1) is 16.5. The zero-order valence-corrected chi connectivity index (χ0v) is 14.5. The van der Waals surface area contributed by atoms with Crippen molar-refractivity contribution in [1.82, 2.24) is 9.29 Å². The first-order valence-electron chi connectivity index (χ1n) is 7.08. The van der Waals surface area contributed by atoms with Crippen LogP contribution in [0.2, 0.25) is 10.0 Å². The van der Waals surface area contributed by atoms with Gasteiger partial charge in [-0.15, -0.1) is 0 Å². The standard InChI is InChI=1S/C15H15Cl2N3O2S/c16-12-1-3-13(4-2-12)23(21,22)20-9-7-19(8-10-20)15-5-6-18-11-14(15)17/h1-6,11H,7-10H2. The number of hydrogen-bond acceptors (Lipinski definition) is 4. The van der Waals surface area contributed by atoms with Crippen molar-refractivity contribution in [3.05, 3.63) is 52.8 Å². The van der Waals surface area contributed by atoms with E-state index in [-0.39, 0.29) is 4.90 Å². The van der Waals surface area contributed by atoms with Crippen molar-refractivity contribution in [1.29, 1.82) is 0 Å². The van der Waals surface area contributed by atoms with Crippen LogP contribution in [0.4, 0.5) is 5.69 Å². The zero-order chi connectivity index (χ0) is 16.4. The Bertz CT molecular complexity index is 789. The van der Waals surface area contributed by atoms with Crippen molar-refractivity contribution in [3.63, 3.8) is 0 Å². The van der Waals surface area contributed by atoms with Gasteiger partial charge in [0.1, 0.15) is 0 Å². The third kappa shape index (κ3) is 3.45. The Balaban J connectivity index is 1.74. The van der Waals surface area contributed by atoms with Gasteiger partial charge in [-0.1, -0.05) is 23.2 Å². The molecule has 0 atom stereocenters. The van der Waals surface area contributed by atoms with E-state index < -0.39 is 10.0 Å². The Hall–Kier alpha value is -1.34. The maximum absolute atomic E-state index is 12.6. The molecule has 0 aliphatic carbocycles. The minimum Gasteiger partial charge on any atom is -0.368 e. The summed E-state index contributed by atoms with van der Waals surface area (Å²) < 4.78 is 26.8. The van der Waals surface area contributed by atoms with E-state index in [0.29, 0.717) is 36.2 Å². The molecule has 2 aromatic rings. The number of aromatic nitrogens is 1. The van der Waals surface area contributed by atoms with E-state index in [9.17, 15) is 8.42 Å². The highest BCUT2D eigenvalue weighted by Crippen LogP contribution is 2.26. The molecule has 1 saturated heterocycles. The average molecular weight is 372 g/mol. The Labute approximate surface area is 145 Å². The van der Waals surface area contributed by atoms with E-state index >= 15 is 0 Å². The molecule has 0 unspecified atom stereocenters. The zero-order valence-electron chi connectivity index (χ0n) is 12.2. The number of halogens is 2. The summed E-state index contributed by atoms with van der Waals surface area (Å²) in [5.74, 6) is 0. The molecular formula is C15H15Cl2N3O2S. The van der Waals surface area contributed by atoms with E-state index in [0.717, 1.165) is 5.69 Å². The van der Waals surface area contributed by atoms with E-state index in [1.165, 1.54) is 16.4 Å². The van der Waals surface area contributed by atoms with Gasteiger partial charge in [-0.3, -0.25) is 4.98 Å². The largest absolute Gasteiger partial charge is 0.368 e. The summed E-state index contributed by atoms with van der Waals surface area (Å²) in [6, 6.07) is 8.07. The fourth-order valence-electron chi connectivity index (χ4n) is 2.55. The van der Waals surface area contributed by atoms with Gasteiger partial charge in [0.2, 0.25) is 10.0 Å². The van der Waals surface area contributed by atoms with Crippen molar-refractivity contribution in [2.24, 2.45) is 0 Å². The van der Waals surface area contributed by atoms with Gasteiger partial charge in [-0.25, -0.2) is 8.42 Å². The van der Waals surface area contributed by atoms with Gasteiger partial charge in [0.05, 0.1) is 15.6 Å². The predicted molar refractivity (Wildman–Crippen MR) is 91.7 cm³/mol. The van der Waals surface area contributed by atoms with Crippen molar-refractivity contribution in [2.45, 2.75) is 4.90 Å². The summed E-state index contributed by atoms with van der Waals surface area (Å²) in [5.41, 5.74) is 0.880. The van der Waals surface area contributed by atoms with E-state index in [1.54, 1.807) is 24.5 Å². The topological polar surface area (TPSA) is 53.5 Å². The van der Waals surface area contributed by atoms with Crippen molar-refractivity contribution < 1.29 is 8.42 Å². The highest BCUT2D eigenvalue weighted by molar-refractivity contribution is 7.89. The molecule has 2 heterocycles. The molecule has 0 N–H and O–H groups in total. The number of pyridine rings is 1. The molecule has 0 saturated carbocycles. The van der Waals surface area contributed by atoms with Crippen molar-refractivity contribution in [2.75, 3.05) is 31.1 Å². The lowest BCUT2D eigenvalue weighted by Crippen LogP contribution is -2.48. The molecule has 1 aliphatic heterocycles. The molecule has 1 aromatic carbocycles. The predicted octanol–water partition coefficient (Wildman–Crippen LogP) is 2.90. The molecule has 1 aromatic heterocycles. The maximum Gasteiger partial charge on any atom is 0.243 e. The number of nitrogens with zero attached hydrogens (tertiary/aromatic N) is 3. The molecule has 122 valence electrons. The summed E-state index contributed by atoms with van der Waals surface area (Å²) in [4.78, 5) is 6.29. The Kier molecular flexibility index (Phi) is 4.77. The Morgan fingerprint density at radius 1 is 0.957 bits per heavy atom. The van der Waals surface area contributed by atoms with Crippen molar-refractivity contribution in [3.8, 4) is 0 Å². The molecule has 3 rings (SSSR count). The molecule has 5 nitrogen and oxygen atoms in total. The van der Waals surface area contributed by atoms with Gasteiger partial charge < -0.3 is 4.90 Å². The van der Waals surface area contributed by atoms with Crippen LogP contribution in [0, 0.1) is 0 Å². The van der Waals surface area contributed by atoms with Crippen LogP contribution in [0.3, 0.4) is 0 Å². The minimum absolute atomic E-state index is 0.261. The fourth-order valence-corrected chi connectivity index (χ4v) is 4.34. The van der Waals surface area contributed by atoms with Crippen LogP contribution in [0.25, 0.3) is 0 Å². The van der Waals surface area contributed by atoms with Crippen LogP contribution >= 0.6 is 23.2 Å². The van der Waals surface area contributed by atoms with Crippen LogP contribution < -0.4 is 4.90 Å². The lowest BCUT2D eigenvalue weighted by molar-refractivity contribution is 0.385. The lowest BCUT2D eigenvalue weighted by Gasteiger charge is -2.35. The van der Waals surface area contributed by atoms with Gasteiger partial charge >= 0.3 is 0 Å². The Morgan fingerprint density at radius 2 is 1.61 bits per heavy atom. The van der Waals surface area contributed by atoms with E-state index in [2.05, 4.69) is 9.88 Å². The van der Waals surface area contributed by atoms with Gasteiger partial charge in [0.25, 0.3) is 0 Å². The average Bonchev–Trinajstić information content (AvgIpc) is 2.56. The molecule has 1 fully saturated rings. The number of sulfonamides is 1. The summed E-state index contributed by atoms with van der Waals surface area (Å²) in [6.07, 6.45) is 3.27. The fraction of sp³-hybridized carbons (Fsp3) is 0.267. The third-order valence-electron chi connectivity index (χ3n) is 3.78. The molecule has 8 heteroatoms. The normalized spacial score (nSPS) is 16.5. The molecule has 0 bridgehead atoms. The van der Waals surface area contributed by atoms with Crippen LogP contribution in [-0.2, 0) is 10.0 Å². The van der Waals surface area contributed by atoms with Crippen LogP contribution in [0.15, 0.2) is 47.6 Å². The molecule has 0 spiro atoms. The Morgan fingerprint density at radius 3 is 2.22 bits per heavy atom. The highest BCUT2D eigenvalue weighted by Gasteiger charge is 2.29. The lowest BCUT2D eigenvalue weighted by atomic mass is 10.3. The SMILES string of the molecule is O=S(=O)(c1ccc(Cl)cc1)N1CCN(c2ccncc2Cl)CC1. The first-order chi connectivity index (χ1) is 11.0. The molecule has 0 radical (unpaired) electrons. The summed E-state index contributed by atoms with van der Waals surface area (Å²) in [6.45, 7) is 1.97. The van der Waals surface area contributed by atoms with Crippen LogP contribution in [0.5, 0.6) is 0 Å². The van der Waals surface area contributed by atoms with Gasteiger partial charge in [-0.2, -0.15) is 4.31 Å². The summed E-state index contributed by atoms with van der Waals surface area (Å²) >= 11 is 12.0. The molecule has 1 aliphatic rings. The van der Waals surface area contributed by atoms with E-state index in [1.807, 2.05) is 6.07 Å². The second-order valence-corrected chi connectivity index (χ2v) is 7.95. The number of anilines is 1. The summed E-state index contributed by atoms with van der Waals surface area (Å²) in [5, 5.41) is 1.09. The number of rotatable bonds is 3. The molecule has 23 heavy (non-hydrogen) atoms. The van der Waals surface area contributed by atoms with Gasteiger partial charge in [-0.05, 0) is 30.3 Å². The number of hydrogen-bond donors (Lipinski definition) is 0. The monoisotopic (exact) mass is 371 g/mol. The number of benzene rings is 1. The smallest absolute Gasteiger partial charge is 0.243 e. The second-order valence-electron chi connectivity index (χ2n) is 5.17. The van der Waals surface area contributed by atoms with Crippen LogP contribution in [0.1, 0.15) is 0 Å². The van der Waals surface area contributed by atoms with Crippen molar-refractivity contribution >= 4 is 38.9 Å². The summed E-state index contributed by atoms with van der Waals surface area (Å²) in [7, 11) is -3.49. The number of piperazine rings is 1. The second kappa shape index (κ2) is 6.65. The first-order valence-corrected chi connectivity index (χ1v) is 9.28. The van der Waals surface area contributed by atoms with Gasteiger partial charge in [0.15, 0.2) is 0 Å². The minimum atomic E-state index is -3.49. The van der Waals surface area contributed by atoms with E-state index in [4.69, 9.17) is 23.2 Å². The molecule has 0 amide bonds. The van der Waals surface area contributed by atoms with Crippen LogP contribution in [-0.4, -0.2) is 43.9 Å². The highest BCUT2D eigenvalue weighted by atomic mass is 35.5. The quantitative estimate of drug-likeness (QED) is 0.832. The molecular weight excluding hydrogens is 357 g/mol. The maximum atomic E-state index is 12.6.